The summed E-state index contributed by atoms with van der Waals surface area (Å²) in [6.45, 7) is 2.62. The molecule has 9 N–H and O–H groups in total. The first kappa shape index (κ1) is 68.8. The van der Waals surface area contributed by atoms with E-state index in [2.05, 4.69) is 116 Å². The van der Waals surface area contributed by atoms with Crippen molar-refractivity contribution < 1.29 is 64.6 Å². The molecular formula is C62H103NO13. The van der Waals surface area contributed by atoms with Crippen LogP contribution in [0.25, 0.3) is 0 Å². The lowest BCUT2D eigenvalue weighted by molar-refractivity contribution is -0.359. The summed E-state index contributed by atoms with van der Waals surface area (Å²) < 4.78 is 22.7. The van der Waals surface area contributed by atoms with Crippen molar-refractivity contribution >= 4 is 5.91 Å². The number of unbranched alkanes of at least 4 members (excludes halogenated alkanes) is 15. The Kier molecular flexibility index (Phi) is 42.1. The second-order valence-electron chi connectivity index (χ2n) is 20.0. The van der Waals surface area contributed by atoms with Gasteiger partial charge in [0, 0.05) is 6.42 Å². The fraction of sp³-hybridized carbons (Fsp3) is 0.694. The number of carbonyl (C=O) groups excluding carboxylic acids is 1. The summed E-state index contributed by atoms with van der Waals surface area (Å²) in [7, 11) is 0. The minimum absolute atomic E-state index is 0.226. The molecule has 0 bridgehead atoms. The molecule has 12 atom stereocenters. The van der Waals surface area contributed by atoms with E-state index < -0.39 is 86.8 Å². The lowest BCUT2D eigenvalue weighted by atomic mass is 9.97. The molecule has 0 aromatic heterocycles. The molecule has 1 amide bonds. The molecular weight excluding hydrogens is 967 g/mol. The predicted molar refractivity (Wildman–Crippen MR) is 304 cm³/mol. The van der Waals surface area contributed by atoms with Crippen LogP contribution in [0.3, 0.4) is 0 Å². The fourth-order valence-electron chi connectivity index (χ4n) is 8.76. The molecule has 0 aromatic rings. The Bertz CT molecular complexity index is 1690. The van der Waals surface area contributed by atoms with E-state index in [0.717, 1.165) is 77.0 Å². The molecule has 14 heteroatoms. The van der Waals surface area contributed by atoms with Gasteiger partial charge in [-0.15, -0.1) is 0 Å². The third-order valence-corrected chi connectivity index (χ3v) is 13.4. The highest BCUT2D eigenvalue weighted by atomic mass is 16.7. The maximum absolute atomic E-state index is 13.2. The monoisotopic (exact) mass is 1070 g/mol. The Hall–Kier alpha value is -3.35. The zero-order chi connectivity index (χ0) is 55.3. The van der Waals surface area contributed by atoms with Crippen LogP contribution in [0.1, 0.15) is 181 Å². The zero-order valence-electron chi connectivity index (χ0n) is 46.4. The summed E-state index contributed by atoms with van der Waals surface area (Å²) in [4.78, 5) is 13.2. The van der Waals surface area contributed by atoms with Crippen LogP contribution in [0.4, 0.5) is 0 Å². The van der Waals surface area contributed by atoms with E-state index in [9.17, 15) is 45.6 Å². The van der Waals surface area contributed by atoms with E-state index in [4.69, 9.17) is 18.9 Å². The van der Waals surface area contributed by atoms with Gasteiger partial charge in [-0.3, -0.25) is 4.79 Å². The smallest absolute Gasteiger partial charge is 0.220 e. The molecule has 2 aliphatic rings. The van der Waals surface area contributed by atoms with Crippen molar-refractivity contribution in [2.45, 2.75) is 254 Å². The molecule has 2 rings (SSSR count). The van der Waals surface area contributed by atoms with Crippen LogP contribution in [-0.4, -0.2) is 140 Å². The first-order chi connectivity index (χ1) is 37.1. The van der Waals surface area contributed by atoms with Gasteiger partial charge in [-0.1, -0.05) is 194 Å². The number of nitrogens with one attached hydrogen (secondary N) is 1. The van der Waals surface area contributed by atoms with Crippen molar-refractivity contribution in [2.75, 3.05) is 19.8 Å². The molecule has 12 unspecified atom stereocenters. The third-order valence-electron chi connectivity index (χ3n) is 13.4. The molecule has 0 spiro atoms. The van der Waals surface area contributed by atoms with Crippen LogP contribution >= 0.6 is 0 Å². The van der Waals surface area contributed by atoms with Gasteiger partial charge in [0.15, 0.2) is 12.6 Å². The van der Waals surface area contributed by atoms with Gasteiger partial charge in [0.05, 0.1) is 32.0 Å². The summed E-state index contributed by atoms with van der Waals surface area (Å²) in [5.41, 5.74) is 0. The Morgan fingerprint density at radius 3 is 1.45 bits per heavy atom. The highest BCUT2D eigenvalue weighted by molar-refractivity contribution is 5.76. The summed E-state index contributed by atoms with van der Waals surface area (Å²) in [5, 5.41) is 87.0. The standard InChI is InChI=1S/C62H103NO13/c1-3-5-7-9-11-13-15-17-19-21-22-23-24-25-26-27-28-30-32-34-36-38-40-42-44-46-54(67)63-50(51(66)45-43-41-39-37-35-33-31-29-20-18-16-14-12-10-8-6-4-2)49-73-61-59(72)57(70)60(53(48-65)75-61)76-62-58(71)56(69)55(68)52(47-64)74-62/h5,7,11,13,17,19,22-23,25-26,28,30,34-37,43,45,50-53,55-62,64-66,68-72H,3-4,6,8-10,12,14-16,18,20-21,24,27,29,31-33,38-42,44,46-49H2,1-2H3,(H,63,67)/b7-5-,13-11-,19-17-,23-22-,26-25-,30-28-,36-34-,37-35+,45-43+. The van der Waals surface area contributed by atoms with E-state index in [0.29, 0.717) is 12.8 Å². The Morgan fingerprint density at radius 2 is 0.921 bits per heavy atom. The molecule has 76 heavy (non-hydrogen) atoms. The summed E-state index contributed by atoms with van der Waals surface area (Å²) in [5.74, 6) is -0.286. The topological polar surface area (TPSA) is 228 Å². The highest BCUT2D eigenvalue weighted by Crippen LogP contribution is 2.30. The molecule has 2 fully saturated rings. The minimum atomic E-state index is -1.80. The van der Waals surface area contributed by atoms with Crippen LogP contribution in [0.2, 0.25) is 0 Å². The average Bonchev–Trinajstić information content (AvgIpc) is 3.42. The maximum atomic E-state index is 13.2. The number of carbonyl (C=O) groups is 1. The van der Waals surface area contributed by atoms with Crippen molar-refractivity contribution in [3.8, 4) is 0 Å². The average molecular weight is 1070 g/mol. The van der Waals surface area contributed by atoms with Crippen molar-refractivity contribution in [2.24, 2.45) is 0 Å². The van der Waals surface area contributed by atoms with Crippen molar-refractivity contribution in [3.63, 3.8) is 0 Å². The first-order valence-corrected chi connectivity index (χ1v) is 29.1. The normalized spacial score (nSPS) is 25.7. The van der Waals surface area contributed by atoms with E-state index in [-0.39, 0.29) is 18.9 Å². The van der Waals surface area contributed by atoms with Crippen LogP contribution in [0.5, 0.6) is 0 Å². The van der Waals surface area contributed by atoms with Gasteiger partial charge in [0.1, 0.15) is 48.8 Å². The second-order valence-corrected chi connectivity index (χ2v) is 20.0. The first-order valence-electron chi connectivity index (χ1n) is 29.1. The second kappa shape index (κ2) is 46.6. The van der Waals surface area contributed by atoms with Crippen LogP contribution in [0.15, 0.2) is 109 Å². The van der Waals surface area contributed by atoms with Gasteiger partial charge < -0.3 is 65.1 Å². The molecule has 0 saturated carbocycles. The van der Waals surface area contributed by atoms with E-state index in [1.165, 1.54) is 70.6 Å². The summed E-state index contributed by atoms with van der Waals surface area (Å²) in [6, 6.07) is -0.957. The predicted octanol–water partition coefficient (Wildman–Crippen LogP) is 9.66. The lowest BCUT2D eigenvalue weighted by Gasteiger charge is -2.46. The largest absolute Gasteiger partial charge is 0.394 e. The van der Waals surface area contributed by atoms with E-state index in [1.54, 1.807) is 6.08 Å². The maximum Gasteiger partial charge on any atom is 0.220 e. The van der Waals surface area contributed by atoms with Crippen molar-refractivity contribution in [1.29, 1.82) is 0 Å². The van der Waals surface area contributed by atoms with Crippen LogP contribution < -0.4 is 5.32 Å². The number of amides is 1. The van der Waals surface area contributed by atoms with Crippen molar-refractivity contribution in [3.05, 3.63) is 109 Å². The third kappa shape index (κ3) is 31.9. The molecule has 2 heterocycles. The quantitative estimate of drug-likeness (QED) is 0.0205. The molecule has 0 radical (unpaired) electrons. The van der Waals surface area contributed by atoms with Gasteiger partial charge in [0.2, 0.25) is 5.91 Å². The molecule has 2 aliphatic heterocycles. The highest BCUT2D eigenvalue weighted by Gasteiger charge is 2.51. The number of allylic oxidation sites excluding steroid dienone is 17. The number of hydrogen-bond acceptors (Lipinski definition) is 13. The van der Waals surface area contributed by atoms with E-state index >= 15 is 0 Å². The summed E-state index contributed by atoms with van der Waals surface area (Å²) in [6.07, 6.45) is 48.3. The number of aliphatic hydroxyl groups is 8. The molecule has 14 nitrogen and oxygen atoms in total. The number of aliphatic hydroxyl groups excluding tert-OH is 8. The molecule has 2 saturated heterocycles. The fourth-order valence-corrected chi connectivity index (χ4v) is 8.76. The number of ether oxygens (including phenoxy) is 4. The van der Waals surface area contributed by atoms with Gasteiger partial charge in [-0.2, -0.15) is 0 Å². The number of hydrogen-bond donors (Lipinski definition) is 9. The SMILES string of the molecule is CC/C=C\C/C=C\C/C=C\C/C=C\C/C=C\C/C=C\C/C=C\CCCCCC(=O)NC(COC1OC(CO)C(OC2OC(CO)C(O)C(O)C2O)C(O)C1O)C(O)/C=C/CC/C=C/CCCCCCCCCCCCC. The molecule has 434 valence electrons. The Balaban J connectivity index is 1.82. The van der Waals surface area contributed by atoms with Gasteiger partial charge >= 0.3 is 0 Å². The van der Waals surface area contributed by atoms with Gasteiger partial charge in [0.25, 0.3) is 0 Å². The van der Waals surface area contributed by atoms with Crippen molar-refractivity contribution in [1.82, 2.24) is 5.32 Å². The Labute approximate surface area is 457 Å². The van der Waals surface area contributed by atoms with Crippen LogP contribution in [-0.2, 0) is 23.7 Å². The minimum Gasteiger partial charge on any atom is -0.394 e. The lowest BCUT2D eigenvalue weighted by Crippen LogP contribution is -2.65. The zero-order valence-corrected chi connectivity index (χ0v) is 46.4. The molecule has 0 aliphatic carbocycles. The van der Waals surface area contributed by atoms with E-state index in [1.807, 2.05) is 6.08 Å². The van der Waals surface area contributed by atoms with Gasteiger partial charge in [-0.25, -0.2) is 0 Å². The molecule has 0 aromatic carbocycles. The van der Waals surface area contributed by atoms with Crippen LogP contribution in [0, 0.1) is 0 Å². The Morgan fingerprint density at radius 1 is 0.487 bits per heavy atom. The summed E-state index contributed by atoms with van der Waals surface area (Å²) >= 11 is 0. The van der Waals surface area contributed by atoms with Gasteiger partial charge in [-0.05, 0) is 89.9 Å². The number of rotatable bonds is 44.